The zero-order valence-corrected chi connectivity index (χ0v) is 26.1. The fraction of sp³-hybridized carbons (Fsp3) is 0.548. The predicted molar refractivity (Wildman–Crippen MR) is 164 cm³/mol. The number of rotatable bonds is 11. The zero-order chi connectivity index (χ0) is 31.3. The maximum absolute atomic E-state index is 13.9. The van der Waals surface area contributed by atoms with Crippen LogP contribution in [0.5, 0.6) is 0 Å². The first-order valence-corrected chi connectivity index (χ1v) is 15.6. The van der Waals surface area contributed by atoms with Crippen LogP contribution in [0.25, 0.3) is 0 Å². The van der Waals surface area contributed by atoms with Gasteiger partial charge in [0.1, 0.15) is 6.04 Å². The van der Waals surface area contributed by atoms with Crippen LogP contribution in [0.1, 0.15) is 55.8 Å². The molecule has 2 amide bonds. The molecule has 2 aliphatic heterocycles. The van der Waals surface area contributed by atoms with Gasteiger partial charge in [-0.1, -0.05) is 43.1 Å². The molecule has 0 aliphatic carbocycles. The largest absolute Gasteiger partial charge is 0.416 e. The van der Waals surface area contributed by atoms with Gasteiger partial charge in [-0.25, -0.2) is 0 Å². The predicted octanol–water partition coefficient (Wildman–Crippen LogP) is 5.53. The molecule has 12 heteroatoms. The maximum Gasteiger partial charge on any atom is 0.416 e. The van der Waals surface area contributed by atoms with Crippen molar-refractivity contribution >= 4 is 40.7 Å². The summed E-state index contributed by atoms with van der Waals surface area (Å²) in [6.45, 7) is 7.04. The molecule has 3 N–H and O–H groups in total. The SMILES string of the molecule is CC(C)C[C@H](NCCN)c1cc(C(F)(F)F)ccc1N1CCN(C(=O)[C@@H](Cc2ccc(Cl)cc2Cl)N2CCCC2=O)CC1. The maximum atomic E-state index is 13.9. The van der Waals surface area contributed by atoms with Gasteiger partial charge in [0.2, 0.25) is 11.8 Å². The number of nitrogens with two attached hydrogens (primary N) is 1. The lowest BCUT2D eigenvalue weighted by molar-refractivity contribution is -0.143. The van der Waals surface area contributed by atoms with Gasteiger partial charge in [-0.15, -0.1) is 0 Å². The highest BCUT2D eigenvalue weighted by atomic mass is 35.5. The Morgan fingerprint density at radius 1 is 1.05 bits per heavy atom. The highest BCUT2D eigenvalue weighted by Crippen LogP contribution is 2.37. The van der Waals surface area contributed by atoms with E-state index >= 15 is 0 Å². The van der Waals surface area contributed by atoms with Crippen LogP contribution in [-0.4, -0.2) is 73.5 Å². The Labute approximate surface area is 261 Å². The molecule has 0 unspecified atom stereocenters. The van der Waals surface area contributed by atoms with E-state index in [4.69, 9.17) is 28.9 Å². The molecular weight excluding hydrogens is 602 g/mol. The summed E-state index contributed by atoms with van der Waals surface area (Å²) in [5.41, 5.74) is 7.06. The monoisotopic (exact) mass is 641 g/mol. The summed E-state index contributed by atoms with van der Waals surface area (Å²) in [6, 6.07) is 8.02. The zero-order valence-electron chi connectivity index (χ0n) is 24.6. The van der Waals surface area contributed by atoms with Crippen molar-refractivity contribution < 1.29 is 22.8 Å². The first-order chi connectivity index (χ1) is 20.4. The van der Waals surface area contributed by atoms with Gasteiger partial charge in [-0.05, 0) is 60.2 Å². The van der Waals surface area contributed by atoms with Crippen molar-refractivity contribution in [3.05, 3.63) is 63.1 Å². The van der Waals surface area contributed by atoms with E-state index < -0.39 is 17.8 Å². The van der Waals surface area contributed by atoms with Gasteiger partial charge in [-0.3, -0.25) is 9.59 Å². The summed E-state index contributed by atoms with van der Waals surface area (Å²) >= 11 is 12.5. The van der Waals surface area contributed by atoms with Gasteiger partial charge in [0, 0.05) is 80.4 Å². The topological polar surface area (TPSA) is 81.9 Å². The minimum atomic E-state index is -4.47. The summed E-state index contributed by atoms with van der Waals surface area (Å²) < 4.78 is 41.3. The molecule has 2 fully saturated rings. The number of benzene rings is 2. The number of piperazine rings is 1. The normalized spacial score (nSPS) is 17.6. The van der Waals surface area contributed by atoms with Crippen LogP contribution in [-0.2, 0) is 22.2 Å². The summed E-state index contributed by atoms with van der Waals surface area (Å²) in [6.07, 6.45) is -2.46. The van der Waals surface area contributed by atoms with Gasteiger partial charge in [0.15, 0.2) is 0 Å². The van der Waals surface area contributed by atoms with E-state index in [9.17, 15) is 22.8 Å². The van der Waals surface area contributed by atoms with Crippen LogP contribution in [0.3, 0.4) is 0 Å². The van der Waals surface area contributed by atoms with Gasteiger partial charge >= 0.3 is 6.18 Å². The molecule has 2 aromatic rings. The molecule has 0 aromatic heterocycles. The van der Waals surface area contributed by atoms with Crippen molar-refractivity contribution in [1.29, 1.82) is 0 Å². The van der Waals surface area contributed by atoms with E-state index in [2.05, 4.69) is 5.32 Å². The van der Waals surface area contributed by atoms with Gasteiger partial charge < -0.3 is 25.8 Å². The average molecular weight is 643 g/mol. The van der Waals surface area contributed by atoms with Crippen LogP contribution in [0, 0.1) is 5.92 Å². The highest BCUT2D eigenvalue weighted by molar-refractivity contribution is 6.35. The summed E-state index contributed by atoms with van der Waals surface area (Å²) in [4.78, 5) is 32.1. The third kappa shape index (κ3) is 8.35. The van der Waals surface area contributed by atoms with Crippen molar-refractivity contribution in [2.75, 3.05) is 50.7 Å². The molecule has 2 saturated heterocycles. The number of hydrogen-bond donors (Lipinski definition) is 2. The van der Waals surface area contributed by atoms with Crippen LogP contribution < -0.4 is 16.0 Å². The Kier molecular flexibility index (Phi) is 11.3. The van der Waals surface area contributed by atoms with Gasteiger partial charge in [0.05, 0.1) is 5.56 Å². The Morgan fingerprint density at radius 3 is 2.35 bits per heavy atom. The van der Waals surface area contributed by atoms with E-state index in [0.29, 0.717) is 80.7 Å². The molecule has 7 nitrogen and oxygen atoms in total. The number of hydrogen-bond acceptors (Lipinski definition) is 5. The average Bonchev–Trinajstić information content (AvgIpc) is 3.39. The lowest BCUT2D eigenvalue weighted by Gasteiger charge is -2.40. The molecule has 2 heterocycles. The Hall–Kier alpha value is -2.53. The van der Waals surface area contributed by atoms with Gasteiger partial charge in [-0.2, -0.15) is 13.2 Å². The lowest BCUT2D eigenvalue weighted by Crippen LogP contribution is -2.56. The highest BCUT2D eigenvalue weighted by Gasteiger charge is 2.38. The second-order valence-corrected chi connectivity index (χ2v) is 12.5. The van der Waals surface area contributed by atoms with Crippen molar-refractivity contribution in [1.82, 2.24) is 15.1 Å². The van der Waals surface area contributed by atoms with E-state index in [0.717, 1.165) is 17.3 Å². The number of carbonyl (C=O) groups is 2. The quantitative estimate of drug-likeness (QED) is 0.337. The standard InChI is InChI=1S/C31H40Cl2F3N5O2/c1-20(2)16-26(38-10-9-37)24-18-22(31(34,35)36)6-8-27(24)39-12-14-40(15-13-39)30(43)28(41-11-3-4-29(41)42)17-21-5-7-23(32)19-25(21)33/h5-8,18-20,26,28,38H,3-4,9-17,37H2,1-2H3/t26-,28+/m0/s1. The first kappa shape index (κ1) is 33.4. The van der Waals surface area contributed by atoms with E-state index in [1.54, 1.807) is 34.1 Å². The molecule has 2 aromatic carbocycles. The van der Waals surface area contributed by atoms with Crippen molar-refractivity contribution in [3.8, 4) is 0 Å². The second-order valence-electron chi connectivity index (χ2n) is 11.7. The molecule has 4 rings (SSSR count). The number of carbonyl (C=O) groups excluding carboxylic acids is 2. The molecule has 0 spiro atoms. The molecule has 0 bridgehead atoms. The van der Waals surface area contributed by atoms with Crippen LogP contribution in [0.4, 0.5) is 18.9 Å². The van der Waals surface area contributed by atoms with Crippen LogP contribution in [0.15, 0.2) is 36.4 Å². The molecule has 2 atom stereocenters. The summed E-state index contributed by atoms with van der Waals surface area (Å²) in [5.74, 6) is 0.0278. The third-order valence-electron chi connectivity index (χ3n) is 8.10. The fourth-order valence-corrected chi connectivity index (χ4v) is 6.44. The number of nitrogens with one attached hydrogen (secondary N) is 1. The minimum absolute atomic E-state index is 0.0577. The number of alkyl halides is 3. The lowest BCUT2D eigenvalue weighted by atomic mass is 9.93. The molecule has 43 heavy (non-hydrogen) atoms. The van der Waals surface area contributed by atoms with Crippen molar-refractivity contribution in [3.63, 3.8) is 0 Å². The number of likely N-dealkylation sites (tertiary alicyclic amines) is 1. The van der Waals surface area contributed by atoms with Gasteiger partial charge in [0.25, 0.3) is 0 Å². The summed E-state index contributed by atoms with van der Waals surface area (Å²) in [5, 5.41) is 4.27. The fourth-order valence-electron chi connectivity index (χ4n) is 5.95. The van der Waals surface area contributed by atoms with Crippen LogP contribution in [0.2, 0.25) is 10.0 Å². The van der Waals surface area contributed by atoms with Crippen molar-refractivity contribution in [2.45, 2.75) is 57.8 Å². The number of nitrogens with zero attached hydrogens (tertiary/aromatic N) is 3. The molecule has 0 saturated carbocycles. The Bertz CT molecular complexity index is 1280. The third-order valence-corrected chi connectivity index (χ3v) is 8.69. The Balaban J connectivity index is 1.56. The number of amides is 2. The summed E-state index contributed by atoms with van der Waals surface area (Å²) in [7, 11) is 0. The molecule has 0 radical (unpaired) electrons. The van der Waals surface area contributed by atoms with E-state index in [-0.39, 0.29) is 30.2 Å². The van der Waals surface area contributed by atoms with Crippen LogP contribution >= 0.6 is 23.2 Å². The number of anilines is 1. The minimum Gasteiger partial charge on any atom is -0.368 e. The second kappa shape index (κ2) is 14.5. The smallest absolute Gasteiger partial charge is 0.368 e. The first-order valence-electron chi connectivity index (χ1n) is 14.8. The van der Waals surface area contributed by atoms with Crippen molar-refractivity contribution in [2.24, 2.45) is 11.7 Å². The van der Waals surface area contributed by atoms with E-state index in [1.807, 2.05) is 18.7 Å². The molecule has 236 valence electrons. The molecular formula is C31H40Cl2F3N5O2. The van der Waals surface area contributed by atoms with E-state index in [1.165, 1.54) is 6.07 Å². The Morgan fingerprint density at radius 2 is 1.77 bits per heavy atom. The molecule has 2 aliphatic rings. The number of halogens is 5.